The molecule has 1 unspecified atom stereocenters. The molecule has 0 aliphatic heterocycles. The van der Waals surface area contributed by atoms with Gasteiger partial charge in [0.1, 0.15) is 12.6 Å². The van der Waals surface area contributed by atoms with Gasteiger partial charge in [0, 0.05) is 19.3 Å². The van der Waals surface area contributed by atoms with Crippen molar-refractivity contribution in [2.45, 2.75) is 199 Å². The van der Waals surface area contributed by atoms with Crippen LogP contribution in [0.25, 0.3) is 0 Å². The van der Waals surface area contributed by atoms with Crippen molar-refractivity contribution in [3.63, 3.8) is 0 Å². The van der Waals surface area contributed by atoms with Gasteiger partial charge < -0.3 is 25.2 Å². The molecule has 0 rings (SSSR count). The fraction of sp³-hybridized carbons (Fsp3) is 0.810. The highest BCUT2D eigenvalue weighted by Gasteiger charge is 2.28. The number of carbonyl (C=O) groups is 4. The summed E-state index contributed by atoms with van der Waals surface area (Å²) >= 11 is 0. The number of hydrogen-bond donors (Lipinski definition) is 3. The van der Waals surface area contributed by atoms with Crippen LogP contribution in [0.2, 0.25) is 0 Å². The second kappa shape index (κ2) is 37.2. The number of aliphatic carboxylic acids is 1. The molecule has 0 aliphatic carbocycles. The van der Waals surface area contributed by atoms with Gasteiger partial charge in [0.2, 0.25) is 0 Å². The van der Waals surface area contributed by atoms with Gasteiger partial charge >= 0.3 is 25.7 Å². The Kier molecular flexibility index (Phi) is 35.6. The Morgan fingerprint density at radius 1 is 0.600 bits per heavy atom. The molecular formula is C42H76NO11P. The molecule has 3 atom stereocenters. The van der Waals surface area contributed by atoms with Gasteiger partial charge in [-0.15, -0.1) is 0 Å². The lowest BCUT2D eigenvalue weighted by Crippen LogP contribution is -2.34. The molecule has 0 spiro atoms. The van der Waals surface area contributed by atoms with Gasteiger partial charge in [-0.05, 0) is 38.2 Å². The maximum Gasteiger partial charge on any atom is 0.472 e. The summed E-state index contributed by atoms with van der Waals surface area (Å²) in [7, 11) is -4.73. The second-order valence-electron chi connectivity index (χ2n) is 14.5. The van der Waals surface area contributed by atoms with Crippen LogP contribution < -0.4 is 5.73 Å². The van der Waals surface area contributed by atoms with E-state index in [0.29, 0.717) is 19.3 Å². The summed E-state index contributed by atoms with van der Waals surface area (Å²) in [6, 6.07) is -1.53. The minimum atomic E-state index is -4.73. The highest BCUT2D eigenvalue weighted by atomic mass is 31.2. The molecule has 0 aromatic heterocycles. The fourth-order valence-electron chi connectivity index (χ4n) is 5.75. The summed E-state index contributed by atoms with van der Waals surface area (Å²) < 4.78 is 32.6. The number of phosphoric acid groups is 1. The Hall–Kier alpha value is -2.37. The van der Waals surface area contributed by atoms with E-state index in [-0.39, 0.29) is 25.2 Å². The topological polar surface area (TPSA) is 189 Å². The summed E-state index contributed by atoms with van der Waals surface area (Å²) in [5.41, 5.74) is 5.32. The van der Waals surface area contributed by atoms with Gasteiger partial charge in [0.15, 0.2) is 11.9 Å². The summed E-state index contributed by atoms with van der Waals surface area (Å²) in [6.45, 7) is 2.61. The molecule has 0 aromatic rings. The van der Waals surface area contributed by atoms with E-state index in [1.807, 2.05) is 12.2 Å². The van der Waals surface area contributed by atoms with Gasteiger partial charge in [-0.1, -0.05) is 154 Å². The van der Waals surface area contributed by atoms with Crippen LogP contribution in [0.5, 0.6) is 0 Å². The number of carboxylic acid groups (broad SMARTS) is 1. The van der Waals surface area contributed by atoms with E-state index in [2.05, 4.69) is 18.4 Å². The maximum atomic E-state index is 12.6. The van der Waals surface area contributed by atoms with Crippen molar-refractivity contribution in [3.05, 3.63) is 24.3 Å². The van der Waals surface area contributed by atoms with Crippen LogP contribution in [0.3, 0.4) is 0 Å². The van der Waals surface area contributed by atoms with Crippen LogP contribution in [-0.4, -0.2) is 65.7 Å². The molecule has 0 heterocycles. The number of rotatable bonds is 40. The number of ketones is 1. The zero-order valence-corrected chi connectivity index (χ0v) is 35.2. The Bertz CT molecular complexity index is 1100. The smallest absolute Gasteiger partial charge is 0.472 e. The number of esters is 2. The molecule has 4 N–H and O–H groups in total. The zero-order valence-electron chi connectivity index (χ0n) is 34.3. The Labute approximate surface area is 332 Å². The van der Waals surface area contributed by atoms with E-state index in [9.17, 15) is 28.6 Å². The molecule has 0 bridgehead atoms. The first-order chi connectivity index (χ1) is 26.5. The van der Waals surface area contributed by atoms with Crippen molar-refractivity contribution in [3.8, 4) is 0 Å². The first-order valence-electron chi connectivity index (χ1n) is 21.3. The quantitative estimate of drug-likeness (QED) is 0.0175. The molecule has 320 valence electrons. The van der Waals surface area contributed by atoms with Gasteiger partial charge in [-0.2, -0.15) is 0 Å². The number of allylic oxidation sites excluding steroid dienone is 4. The Morgan fingerprint density at radius 2 is 1.05 bits per heavy atom. The first-order valence-corrected chi connectivity index (χ1v) is 22.8. The molecule has 55 heavy (non-hydrogen) atoms. The average Bonchev–Trinajstić information content (AvgIpc) is 3.15. The molecule has 12 nitrogen and oxygen atoms in total. The van der Waals surface area contributed by atoms with Crippen LogP contribution in [0.4, 0.5) is 0 Å². The van der Waals surface area contributed by atoms with E-state index in [1.165, 1.54) is 70.6 Å². The average molecular weight is 802 g/mol. The summed E-state index contributed by atoms with van der Waals surface area (Å²) in [6.07, 6.45) is 33.6. The van der Waals surface area contributed by atoms with E-state index in [1.54, 1.807) is 12.2 Å². The van der Waals surface area contributed by atoms with Crippen molar-refractivity contribution in [2.75, 3.05) is 19.8 Å². The van der Waals surface area contributed by atoms with Crippen LogP contribution in [0, 0.1) is 0 Å². The fourth-order valence-corrected chi connectivity index (χ4v) is 6.53. The largest absolute Gasteiger partial charge is 0.480 e. The first kappa shape index (κ1) is 52.6. The predicted molar refractivity (Wildman–Crippen MR) is 217 cm³/mol. The van der Waals surface area contributed by atoms with E-state index in [4.69, 9.17) is 24.8 Å². The summed E-state index contributed by atoms with van der Waals surface area (Å²) in [4.78, 5) is 57.6. The molecule has 0 saturated carbocycles. The van der Waals surface area contributed by atoms with Crippen LogP contribution in [0.15, 0.2) is 24.3 Å². The predicted octanol–water partition coefficient (Wildman–Crippen LogP) is 10.2. The van der Waals surface area contributed by atoms with E-state index < -0.39 is 51.1 Å². The number of ether oxygens (including phenoxy) is 2. The maximum absolute atomic E-state index is 12.6. The van der Waals surface area contributed by atoms with Gasteiger partial charge in [0.05, 0.1) is 13.2 Å². The molecule has 0 aliphatic rings. The van der Waals surface area contributed by atoms with Crippen molar-refractivity contribution >= 4 is 31.5 Å². The van der Waals surface area contributed by atoms with Gasteiger partial charge in [-0.3, -0.25) is 28.2 Å². The number of hydrogen-bond acceptors (Lipinski definition) is 10. The SMILES string of the molecule is CCCCCCCCCCCCCCCCCC(=O)OC[C@H](COP(=O)(O)OC[C@H](N)C(=O)O)OC(=O)CCCCCCC/C=C\C=C\C(=O)CCCCC. The third kappa shape index (κ3) is 37.0. The lowest BCUT2D eigenvalue weighted by molar-refractivity contribution is -0.161. The normalized spacial score (nSPS) is 13.9. The Balaban J connectivity index is 4.43. The standard InChI is InChI=1S/C42H76NO11P/c1-3-5-7-8-9-10-11-12-13-14-15-18-21-24-28-32-40(45)51-34-38(35-52-55(49,50)53-36-39(43)42(47)48)54-41(46)33-29-25-22-19-16-17-20-23-27-31-37(44)30-26-6-4-2/h20,23,27,31,38-39H,3-19,21-22,24-26,28-30,32-36,43H2,1-2H3,(H,47,48)(H,49,50)/b23-20-,31-27+/t38-,39+/m1/s1. The monoisotopic (exact) mass is 802 g/mol. The molecule has 0 saturated heterocycles. The highest BCUT2D eigenvalue weighted by molar-refractivity contribution is 7.47. The minimum Gasteiger partial charge on any atom is -0.480 e. The van der Waals surface area contributed by atoms with Crippen molar-refractivity contribution in [1.29, 1.82) is 0 Å². The molecule has 0 amide bonds. The number of carbonyl (C=O) groups excluding carboxylic acids is 3. The molecule has 13 heteroatoms. The minimum absolute atomic E-state index is 0.112. The number of carboxylic acids is 1. The third-order valence-electron chi connectivity index (χ3n) is 9.18. The molecule has 0 fully saturated rings. The second-order valence-corrected chi connectivity index (χ2v) is 16.0. The lowest BCUT2D eigenvalue weighted by atomic mass is 10.0. The van der Waals surface area contributed by atoms with Crippen molar-refractivity contribution < 1.29 is 52.3 Å². The van der Waals surface area contributed by atoms with Gasteiger partial charge in [0.25, 0.3) is 0 Å². The Morgan fingerprint density at radius 3 is 1.60 bits per heavy atom. The summed E-state index contributed by atoms with van der Waals surface area (Å²) in [5.74, 6) is -2.29. The third-order valence-corrected chi connectivity index (χ3v) is 10.1. The van der Waals surface area contributed by atoms with Crippen LogP contribution >= 0.6 is 7.82 Å². The lowest BCUT2D eigenvalue weighted by Gasteiger charge is -2.20. The highest BCUT2D eigenvalue weighted by Crippen LogP contribution is 2.43. The molecule has 0 aromatic carbocycles. The van der Waals surface area contributed by atoms with Gasteiger partial charge in [-0.25, -0.2) is 4.57 Å². The zero-order chi connectivity index (χ0) is 40.8. The van der Waals surface area contributed by atoms with E-state index in [0.717, 1.165) is 70.6 Å². The molecule has 0 radical (unpaired) electrons. The van der Waals surface area contributed by atoms with E-state index >= 15 is 0 Å². The van der Waals surface area contributed by atoms with Crippen molar-refractivity contribution in [1.82, 2.24) is 0 Å². The number of unbranched alkanes of at least 4 members (excludes halogenated alkanes) is 21. The van der Waals surface area contributed by atoms with Crippen LogP contribution in [0.1, 0.15) is 187 Å². The molecular weight excluding hydrogens is 725 g/mol. The number of phosphoric ester groups is 1. The van der Waals surface area contributed by atoms with Crippen molar-refractivity contribution in [2.24, 2.45) is 5.73 Å². The number of nitrogens with two attached hydrogens (primary N) is 1. The van der Waals surface area contributed by atoms with Crippen LogP contribution in [-0.2, 0) is 42.3 Å². The summed E-state index contributed by atoms with van der Waals surface area (Å²) in [5, 5.41) is 8.88.